The van der Waals surface area contributed by atoms with E-state index < -0.39 is 10.0 Å². The van der Waals surface area contributed by atoms with Gasteiger partial charge in [0.15, 0.2) is 5.82 Å². The lowest BCUT2D eigenvalue weighted by molar-refractivity contribution is -0.0440. The molecule has 3 heterocycles. The average Bonchev–Trinajstić information content (AvgIpc) is 3.03. The number of carbonyl (C=O) groups is 1. The van der Waals surface area contributed by atoms with E-state index in [4.69, 9.17) is 4.74 Å². The fourth-order valence-electron chi connectivity index (χ4n) is 3.22. The molecule has 1 N–H and O–H groups in total. The topological polar surface area (TPSA) is 106 Å². The number of hydrogen-bond acceptors (Lipinski definition) is 6. The van der Waals surface area contributed by atoms with Crippen molar-refractivity contribution >= 4 is 15.9 Å². The van der Waals surface area contributed by atoms with Crippen LogP contribution in [0.4, 0.5) is 0 Å². The van der Waals surface area contributed by atoms with Crippen molar-refractivity contribution in [3.05, 3.63) is 41.9 Å². The number of ether oxygens (including phenoxy) is 1. The van der Waals surface area contributed by atoms with Gasteiger partial charge in [-0.05, 0) is 32.9 Å². The van der Waals surface area contributed by atoms with Gasteiger partial charge in [-0.25, -0.2) is 18.1 Å². The van der Waals surface area contributed by atoms with E-state index in [9.17, 15) is 13.2 Å². The van der Waals surface area contributed by atoms with Crippen LogP contribution in [0.3, 0.4) is 0 Å². The van der Waals surface area contributed by atoms with Crippen LogP contribution in [0.5, 0.6) is 0 Å². The van der Waals surface area contributed by atoms with E-state index >= 15 is 0 Å². The molecule has 1 fully saturated rings. The molecule has 0 spiro atoms. The monoisotopic (exact) mass is 407 g/mol. The molecule has 1 aliphatic rings. The molecule has 0 saturated carbocycles. The third kappa shape index (κ3) is 4.57. The minimum Gasteiger partial charge on any atom is -0.373 e. The predicted octanol–water partition coefficient (Wildman–Crippen LogP) is 0.745. The summed E-state index contributed by atoms with van der Waals surface area (Å²) in [6, 6.07) is 5.42. The van der Waals surface area contributed by atoms with Crippen LogP contribution in [0, 0.1) is 6.92 Å². The number of nitrogens with one attached hydrogen (secondary N) is 1. The first-order valence-electron chi connectivity index (χ1n) is 9.15. The Balaban J connectivity index is 1.60. The highest BCUT2D eigenvalue weighted by molar-refractivity contribution is 7.89. The van der Waals surface area contributed by atoms with Crippen molar-refractivity contribution in [3.63, 3.8) is 0 Å². The highest BCUT2D eigenvalue weighted by Gasteiger charge is 2.30. The lowest BCUT2D eigenvalue weighted by atomic mass is 10.2. The van der Waals surface area contributed by atoms with E-state index in [0.29, 0.717) is 30.2 Å². The van der Waals surface area contributed by atoms with Crippen LogP contribution in [0.25, 0.3) is 5.82 Å². The smallest absolute Gasteiger partial charge is 0.254 e. The fourth-order valence-corrected chi connectivity index (χ4v) is 4.71. The van der Waals surface area contributed by atoms with Crippen LogP contribution in [0.2, 0.25) is 0 Å². The van der Waals surface area contributed by atoms with Crippen LogP contribution < -0.4 is 5.32 Å². The number of sulfonamides is 1. The molecule has 0 aliphatic carbocycles. The average molecular weight is 407 g/mol. The van der Waals surface area contributed by atoms with Gasteiger partial charge < -0.3 is 10.1 Å². The standard InChI is InChI=1S/C18H25N5O4S/c1-13-11-22(12-14(2)27-13)28(25,26)9-8-20-18(24)16-10-21-23(15(16)3)17-6-4-5-7-19-17/h4-7,10,13-14H,8-9,11-12H2,1-3H3,(H,20,24)/t13-,14-/m0/s1. The molecule has 3 rings (SSSR count). The molecule has 2 aromatic rings. The van der Waals surface area contributed by atoms with Gasteiger partial charge in [0.25, 0.3) is 5.91 Å². The summed E-state index contributed by atoms with van der Waals surface area (Å²) >= 11 is 0. The summed E-state index contributed by atoms with van der Waals surface area (Å²) in [5.74, 6) is 0.0850. The number of morpholine rings is 1. The fraction of sp³-hybridized carbons (Fsp3) is 0.500. The SMILES string of the molecule is Cc1c(C(=O)NCCS(=O)(=O)N2C[C@H](C)O[C@@H](C)C2)cnn1-c1ccccn1. The Morgan fingerprint density at radius 2 is 2.00 bits per heavy atom. The Kier molecular flexibility index (Phi) is 6.11. The maximum atomic E-state index is 12.5. The normalized spacial score (nSPS) is 20.8. The van der Waals surface area contributed by atoms with Crippen molar-refractivity contribution in [1.82, 2.24) is 24.4 Å². The zero-order chi connectivity index (χ0) is 20.3. The number of nitrogens with zero attached hydrogens (tertiary/aromatic N) is 4. The molecule has 9 nitrogen and oxygen atoms in total. The Labute approximate surface area is 164 Å². The van der Waals surface area contributed by atoms with Crippen molar-refractivity contribution in [2.45, 2.75) is 33.0 Å². The molecule has 1 saturated heterocycles. The third-order valence-corrected chi connectivity index (χ3v) is 6.35. The van der Waals surface area contributed by atoms with E-state index in [1.54, 1.807) is 29.9 Å². The van der Waals surface area contributed by atoms with Gasteiger partial charge in [-0.1, -0.05) is 6.07 Å². The second-order valence-corrected chi connectivity index (χ2v) is 8.98. The maximum absolute atomic E-state index is 12.5. The first-order chi connectivity index (χ1) is 13.3. The maximum Gasteiger partial charge on any atom is 0.254 e. The molecular formula is C18H25N5O4S. The highest BCUT2D eigenvalue weighted by Crippen LogP contribution is 2.15. The Morgan fingerprint density at radius 3 is 2.64 bits per heavy atom. The van der Waals surface area contributed by atoms with Crippen molar-refractivity contribution in [1.29, 1.82) is 0 Å². The van der Waals surface area contributed by atoms with Crippen molar-refractivity contribution < 1.29 is 17.9 Å². The summed E-state index contributed by atoms with van der Waals surface area (Å²) < 4.78 is 33.7. The molecule has 0 aromatic carbocycles. The van der Waals surface area contributed by atoms with Gasteiger partial charge in [0.1, 0.15) is 0 Å². The van der Waals surface area contributed by atoms with Crippen LogP contribution >= 0.6 is 0 Å². The minimum atomic E-state index is -3.47. The van der Waals surface area contributed by atoms with Gasteiger partial charge in [0, 0.05) is 25.8 Å². The quantitative estimate of drug-likeness (QED) is 0.757. The number of aromatic nitrogens is 3. The molecule has 152 valence electrons. The van der Waals surface area contributed by atoms with Crippen LogP contribution in [0.1, 0.15) is 29.9 Å². The molecule has 1 amide bonds. The Hall–Kier alpha value is -2.30. The lowest BCUT2D eigenvalue weighted by Crippen LogP contribution is -2.49. The summed E-state index contributed by atoms with van der Waals surface area (Å²) in [6.45, 7) is 6.15. The molecule has 28 heavy (non-hydrogen) atoms. The third-order valence-electron chi connectivity index (χ3n) is 4.55. The zero-order valence-electron chi connectivity index (χ0n) is 16.2. The van der Waals surface area contributed by atoms with Crippen molar-refractivity contribution in [2.75, 3.05) is 25.4 Å². The Morgan fingerprint density at radius 1 is 1.29 bits per heavy atom. The van der Waals surface area contributed by atoms with E-state index in [1.807, 2.05) is 19.9 Å². The second kappa shape index (κ2) is 8.38. The van der Waals surface area contributed by atoms with E-state index in [-0.39, 0.29) is 30.4 Å². The van der Waals surface area contributed by atoms with E-state index in [2.05, 4.69) is 15.4 Å². The minimum absolute atomic E-state index is 0.0233. The summed E-state index contributed by atoms with van der Waals surface area (Å²) in [4.78, 5) is 16.7. The van der Waals surface area contributed by atoms with E-state index in [0.717, 1.165) is 0 Å². The second-order valence-electron chi connectivity index (χ2n) is 6.89. The number of carbonyl (C=O) groups excluding carboxylic acids is 1. The number of hydrogen-bond donors (Lipinski definition) is 1. The molecule has 0 radical (unpaired) electrons. The van der Waals surface area contributed by atoms with Crippen molar-refractivity contribution in [3.8, 4) is 5.82 Å². The number of pyridine rings is 1. The van der Waals surface area contributed by atoms with Crippen LogP contribution in [0.15, 0.2) is 30.6 Å². The summed E-state index contributed by atoms with van der Waals surface area (Å²) in [5.41, 5.74) is 1.02. The van der Waals surface area contributed by atoms with Crippen LogP contribution in [-0.2, 0) is 14.8 Å². The molecule has 2 aromatic heterocycles. The molecule has 0 bridgehead atoms. The number of amides is 1. The Bertz CT molecular complexity index is 919. The summed E-state index contributed by atoms with van der Waals surface area (Å²) in [6.07, 6.45) is 2.81. The molecule has 0 unspecified atom stereocenters. The first kappa shape index (κ1) is 20.4. The summed E-state index contributed by atoms with van der Waals surface area (Å²) in [5, 5.41) is 6.88. The predicted molar refractivity (Wildman–Crippen MR) is 104 cm³/mol. The van der Waals surface area contributed by atoms with Gasteiger partial charge in [-0.15, -0.1) is 0 Å². The first-order valence-corrected chi connectivity index (χ1v) is 10.8. The van der Waals surface area contributed by atoms with Gasteiger partial charge in [-0.2, -0.15) is 9.40 Å². The summed E-state index contributed by atoms with van der Waals surface area (Å²) in [7, 11) is -3.47. The van der Waals surface area contributed by atoms with Gasteiger partial charge >= 0.3 is 0 Å². The molecule has 1 aliphatic heterocycles. The lowest BCUT2D eigenvalue weighted by Gasteiger charge is -2.34. The van der Waals surface area contributed by atoms with Gasteiger partial charge in [0.2, 0.25) is 10.0 Å². The largest absolute Gasteiger partial charge is 0.373 e. The highest BCUT2D eigenvalue weighted by atomic mass is 32.2. The van der Waals surface area contributed by atoms with E-state index in [1.165, 1.54) is 10.5 Å². The van der Waals surface area contributed by atoms with Crippen molar-refractivity contribution in [2.24, 2.45) is 0 Å². The zero-order valence-corrected chi connectivity index (χ0v) is 17.0. The van der Waals surface area contributed by atoms with Gasteiger partial charge in [0.05, 0.1) is 35.4 Å². The van der Waals surface area contributed by atoms with Gasteiger partial charge in [-0.3, -0.25) is 4.79 Å². The van der Waals surface area contributed by atoms with Crippen LogP contribution in [-0.4, -0.2) is 71.0 Å². The molecular weight excluding hydrogens is 382 g/mol. The molecule has 2 atom stereocenters. The molecule has 10 heteroatoms. The number of rotatable bonds is 6.